The molecule has 0 aliphatic heterocycles. The second-order valence-electron chi connectivity index (χ2n) is 5.38. The Morgan fingerprint density at radius 3 is 2.57 bits per heavy atom. The number of nitrogens with two attached hydrogens (primary N) is 1. The van der Waals surface area contributed by atoms with E-state index in [-0.39, 0.29) is 5.91 Å². The van der Waals surface area contributed by atoms with Gasteiger partial charge >= 0.3 is 0 Å². The molecule has 118 valence electrons. The molecule has 21 heavy (non-hydrogen) atoms. The van der Waals surface area contributed by atoms with Gasteiger partial charge in [-0.1, -0.05) is 32.4 Å². The molecule has 1 amide bonds. The summed E-state index contributed by atoms with van der Waals surface area (Å²) < 4.78 is 11.8. The fourth-order valence-corrected chi connectivity index (χ4v) is 3.36. The number of anilines is 1. The number of benzene rings is 1. The number of rotatable bonds is 9. The lowest BCUT2D eigenvalue weighted by Crippen LogP contribution is -2.14. The van der Waals surface area contributed by atoms with E-state index in [1.54, 1.807) is 0 Å². The molecule has 0 spiro atoms. The van der Waals surface area contributed by atoms with Crippen LogP contribution >= 0.6 is 0 Å². The predicted octanol–water partition coefficient (Wildman–Crippen LogP) is 2.66. The van der Waals surface area contributed by atoms with Gasteiger partial charge in [-0.15, -0.1) is 0 Å². The first-order chi connectivity index (χ1) is 10.0. The summed E-state index contributed by atoms with van der Waals surface area (Å²) in [4.78, 5) is 11.8. The van der Waals surface area contributed by atoms with Gasteiger partial charge in [0.2, 0.25) is 5.91 Å². The lowest BCUT2D eigenvalue weighted by molar-refractivity contribution is -0.116. The summed E-state index contributed by atoms with van der Waals surface area (Å²) in [6, 6.07) is 7.50. The molecule has 0 saturated carbocycles. The van der Waals surface area contributed by atoms with Crippen LogP contribution in [0.5, 0.6) is 0 Å². The van der Waals surface area contributed by atoms with E-state index in [4.69, 9.17) is 5.73 Å². The second kappa shape index (κ2) is 9.68. The molecule has 1 aromatic carbocycles. The van der Waals surface area contributed by atoms with Crippen molar-refractivity contribution in [2.75, 3.05) is 16.8 Å². The van der Waals surface area contributed by atoms with Gasteiger partial charge in [0.25, 0.3) is 0 Å². The summed E-state index contributed by atoms with van der Waals surface area (Å²) in [6.45, 7) is 4.71. The zero-order valence-electron chi connectivity index (χ0n) is 12.9. The normalized spacial score (nSPS) is 13.7. The number of nitrogens with one attached hydrogen (secondary N) is 1. The fraction of sp³-hybridized carbons (Fsp3) is 0.562. The summed E-state index contributed by atoms with van der Waals surface area (Å²) >= 11 is 0. The van der Waals surface area contributed by atoms with E-state index in [0.717, 1.165) is 23.4 Å². The first-order valence-corrected chi connectivity index (χ1v) is 8.97. The SMILES string of the molecule is CCC(C)CS(=O)CCCC(=O)Nc1ccc(CN)cc1. The monoisotopic (exact) mass is 310 g/mol. The van der Waals surface area contributed by atoms with Crippen LogP contribution in [0.4, 0.5) is 5.69 Å². The molecule has 0 bridgehead atoms. The zero-order chi connectivity index (χ0) is 15.7. The van der Waals surface area contributed by atoms with Crippen molar-refractivity contribution in [3.05, 3.63) is 29.8 Å². The van der Waals surface area contributed by atoms with Crippen LogP contribution in [0.15, 0.2) is 24.3 Å². The van der Waals surface area contributed by atoms with E-state index in [1.807, 2.05) is 24.3 Å². The van der Waals surface area contributed by atoms with Crippen LogP contribution in [0.1, 0.15) is 38.7 Å². The molecule has 3 N–H and O–H groups in total. The summed E-state index contributed by atoms with van der Waals surface area (Å²) in [6.07, 6.45) is 2.12. The van der Waals surface area contributed by atoms with Crippen LogP contribution < -0.4 is 11.1 Å². The second-order valence-corrected chi connectivity index (χ2v) is 7.00. The molecule has 4 nitrogen and oxygen atoms in total. The van der Waals surface area contributed by atoms with Crippen molar-refractivity contribution >= 4 is 22.4 Å². The number of carbonyl (C=O) groups is 1. The van der Waals surface area contributed by atoms with Crippen molar-refractivity contribution in [2.45, 2.75) is 39.7 Å². The van der Waals surface area contributed by atoms with Crippen LogP contribution in [0.3, 0.4) is 0 Å². The molecule has 0 aliphatic rings. The Hall–Kier alpha value is -1.20. The first kappa shape index (κ1) is 17.9. The van der Waals surface area contributed by atoms with Crippen LogP contribution in [0.25, 0.3) is 0 Å². The first-order valence-electron chi connectivity index (χ1n) is 7.49. The maximum atomic E-state index is 11.8. The molecule has 0 aliphatic carbocycles. The Kier molecular flexibility index (Phi) is 8.23. The van der Waals surface area contributed by atoms with Gasteiger partial charge in [-0.3, -0.25) is 9.00 Å². The predicted molar refractivity (Wildman–Crippen MR) is 89.5 cm³/mol. The van der Waals surface area contributed by atoms with Crippen molar-refractivity contribution in [3.8, 4) is 0 Å². The Labute approximate surface area is 130 Å². The van der Waals surface area contributed by atoms with Crippen LogP contribution in [-0.4, -0.2) is 21.6 Å². The van der Waals surface area contributed by atoms with Gasteiger partial charge in [-0.2, -0.15) is 0 Å². The van der Waals surface area contributed by atoms with Crippen molar-refractivity contribution in [1.82, 2.24) is 0 Å². The van der Waals surface area contributed by atoms with Gasteiger partial charge in [0.05, 0.1) is 0 Å². The van der Waals surface area contributed by atoms with E-state index >= 15 is 0 Å². The summed E-state index contributed by atoms with van der Waals surface area (Å²) in [5, 5.41) is 2.84. The van der Waals surface area contributed by atoms with E-state index < -0.39 is 10.8 Å². The lowest BCUT2D eigenvalue weighted by Gasteiger charge is -2.08. The summed E-state index contributed by atoms with van der Waals surface area (Å²) in [7, 11) is -0.811. The molecule has 0 heterocycles. The molecule has 0 aromatic heterocycles. The highest BCUT2D eigenvalue weighted by Crippen LogP contribution is 2.10. The minimum absolute atomic E-state index is 0.0314. The van der Waals surface area contributed by atoms with Crippen molar-refractivity contribution < 1.29 is 9.00 Å². The van der Waals surface area contributed by atoms with Crippen LogP contribution in [0.2, 0.25) is 0 Å². The maximum absolute atomic E-state index is 11.8. The number of amides is 1. The summed E-state index contributed by atoms with van der Waals surface area (Å²) in [5.74, 6) is 1.79. The van der Waals surface area contributed by atoms with E-state index in [2.05, 4.69) is 19.2 Å². The average Bonchev–Trinajstić information content (AvgIpc) is 2.47. The molecule has 1 aromatic rings. The third kappa shape index (κ3) is 7.39. The Morgan fingerprint density at radius 2 is 2.00 bits per heavy atom. The van der Waals surface area contributed by atoms with Crippen molar-refractivity contribution in [3.63, 3.8) is 0 Å². The molecule has 2 atom stereocenters. The molecular weight excluding hydrogens is 284 g/mol. The smallest absolute Gasteiger partial charge is 0.224 e. The molecule has 0 fully saturated rings. The maximum Gasteiger partial charge on any atom is 0.224 e. The minimum atomic E-state index is -0.811. The average molecular weight is 310 g/mol. The third-order valence-corrected chi connectivity index (χ3v) is 5.10. The molecule has 0 radical (unpaired) electrons. The lowest BCUT2D eigenvalue weighted by atomic mass is 10.2. The molecule has 0 saturated heterocycles. The summed E-state index contributed by atoms with van der Waals surface area (Å²) in [5.41, 5.74) is 7.33. The van der Waals surface area contributed by atoms with Gasteiger partial charge in [-0.25, -0.2) is 0 Å². The van der Waals surface area contributed by atoms with Crippen molar-refractivity contribution in [2.24, 2.45) is 11.7 Å². The van der Waals surface area contributed by atoms with E-state index in [1.165, 1.54) is 0 Å². The zero-order valence-corrected chi connectivity index (χ0v) is 13.7. The highest BCUT2D eigenvalue weighted by atomic mass is 32.2. The highest BCUT2D eigenvalue weighted by Gasteiger charge is 2.08. The standard InChI is InChI=1S/C16H26N2O2S/c1-3-13(2)12-21(20)10-4-5-16(19)18-15-8-6-14(11-17)7-9-15/h6-9,13H,3-5,10-12,17H2,1-2H3,(H,18,19). The largest absolute Gasteiger partial charge is 0.326 e. The highest BCUT2D eigenvalue weighted by molar-refractivity contribution is 7.84. The molecule has 5 heteroatoms. The Bertz CT molecular complexity index is 460. The van der Waals surface area contributed by atoms with E-state index in [0.29, 0.717) is 31.1 Å². The van der Waals surface area contributed by atoms with Gasteiger partial charge in [0.15, 0.2) is 0 Å². The Balaban J connectivity index is 2.26. The minimum Gasteiger partial charge on any atom is -0.326 e. The van der Waals surface area contributed by atoms with Gasteiger partial charge < -0.3 is 11.1 Å². The molecule has 1 rings (SSSR count). The van der Waals surface area contributed by atoms with Crippen LogP contribution in [0, 0.1) is 5.92 Å². The molecule has 2 unspecified atom stereocenters. The third-order valence-electron chi connectivity index (χ3n) is 3.42. The number of hydrogen-bond donors (Lipinski definition) is 2. The van der Waals surface area contributed by atoms with Crippen LogP contribution in [-0.2, 0) is 22.1 Å². The molecular formula is C16H26N2O2S. The van der Waals surface area contributed by atoms with Gasteiger partial charge in [0, 0.05) is 41.0 Å². The quantitative estimate of drug-likeness (QED) is 0.736. The fourth-order valence-electron chi connectivity index (χ4n) is 1.86. The number of hydrogen-bond acceptors (Lipinski definition) is 3. The number of carbonyl (C=O) groups excluding carboxylic acids is 1. The van der Waals surface area contributed by atoms with Gasteiger partial charge in [-0.05, 0) is 30.0 Å². The van der Waals surface area contributed by atoms with Crippen molar-refractivity contribution in [1.29, 1.82) is 0 Å². The van der Waals surface area contributed by atoms with Gasteiger partial charge in [0.1, 0.15) is 0 Å². The Morgan fingerprint density at radius 1 is 1.33 bits per heavy atom. The topological polar surface area (TPSA) is 72.2 Å². The van der Waals surface area contributed by atoms with E-state index in [9.17, 15) is 9.00 Å².